The van der Waals surface area contributed by atoms with Gasteiger partial charge < -0.3 is 10.1 Å². The summed E-state index contributed by atoms with van der Waals surface area (Å²) in [5.74, 6) is 2.24. The number of aromatic nitrogens is 3. The van der Waals surface area contributed by atoms with E-state index in [1.807, 2.05) is 60.7 Å². The first-order valence-corrected chi connectivity index (χ1v) is 8.38. The molecule has 2 aromatic heterocycles. The zero-order valence-corrected chi connectivity index (χ0v) is 14.4. The fourth-order valence-electron chi connectivity index (χ4n) is 2.79. The third-order valence-corrected chi connectivity index (χ3v) is 4.09. The number of rotatable bonds is 5. The number of anilines is 1. The molecule has 0 fully saturated rings. The zero-order chi connectivity index (χ0) is 17.8. The van der Waals surface area contributed by atoms with Crippen LogP contribution in [0.1, 0.15) is 5.56 Å². The highest BCUT2D eigenvalue weighted by Crippen LogP contribution is 2.24. The number of pyridine rings is 1. The number of methoxy groups -OCH3 is 1. The molecule has 2 heterocycles. The predicted molar refractivity (Wildman–Crippen MR) is 103 cm³/mol. The van der Waals surface area contributed by atoms with Gasteiger partial charge in [-0.15, -0.1) is 0 Å². The van der Waals surface area contributed by atoms with Crippen molar-refractivity contribution in [3.8, 4) is 17.3 Å². The number of nitrogens with zero attached hydrogens (tertiary/aromatic N) is 3. The van der Waals surface area contributed by atoms with E-state index >= 15 is 0 Å². The van der Waals surface area contributed by atoms with Gasteiger partial charge in [0.05, 0.1) is 12.6 Å². The van der Waals surface area contributed by atoms with E-state index in [4.69, 9.17) is 9.72 Å². The van der Waals surface area contributed by atoms with Crippen molar-refractivity contribution in [1.29, 1.82) is 0 Å². The standard InChI is InChI=1S/C21H18N4O/c1-26-16-8-6-7-15(13-16)14-23-20-17-9-2-3-10-18(17)24-21(25-20)19-11-4-5-12-22-19/h2-13H,14H2,1H3,(H,23,24,25). The van der Waals surface area contributed by atoms with Crippen molar-refractivity contribution in [1.82, 2.24) is 15.0 Å². The first-order chi connectivity index (χ1) is 12.8. The minimum absolute atomic E-state index is 0.609. The quantitative estimate of drug-likeness (QED) is 0.585. The van der Waals surface area contributed by atoms with E-state index in [2.05, 4.69) is 21.4 Å². The molecule has 0 atom stereocenters. The van der Waals surface area contributed by atoms with Crippen molar-refractivity contribution in [3.05, 3.63) is 78.5 Å². The van der Waals surface area contributed by atoms with Crippen LogP contribution in [-0.4, -0.2) is 22.1 Å². The molecule has 4 rings (SSSR count). The molecule has 5 nitrogen and oxygen atoms in total. The van der Waals surface area contributed by atoms with Crippen molar-refractivity contribution in [2.75, 3.05) is 12.4 Å². The van der Waals surface area contributed by atoms with Gasteiger partial charge in [-0.25, -0.2) is 9.97 Å². The molecule has 0 aliphatic carbocycles. The Balaban J connectivity index is 1.71. The molecule has 1 N–H and O–H groups in total. The third kappa shape index (κ3) is 3.32. The Bertz CT molecular complexity index is 1030. The molecular formula is C21H18N4O. The molecule has 0 aliphatic heterocycles. The number of benzene rings is 2. The lowest BCUT2D eigenvalue weighted by atomic mass is 10.2. The number of fused-ring (bicyclic) bond motifs is 1. The van der Waals surface area contributed by atoms with Crippen LogP contribution < -0.4 is 10.1 Å². The number of ether oxygens (including phenoxy) is 1. The third-order valence-electron chi connectivity index (χ3n) is 4.09. The summed E-state index contributed by atoms with van der Waals surface area (Å²) in [4.78, 5) is 13.7. The van der Waals surface area contributed by atoms with Gasteiger partial charge in [0.1, 0.15) is 17.3 Å². The molecule has 26 heavy (non-hydrogen) atoms. The topological polar surface area (TPSA) is 59.9 Å². The number of hydrogen-bond acceptors (Lipinski definition) is 5. The van der Waals surface area contributed by atoms with Gasteiger partial charge in [0.2, 0.25) is 0 Å². The SMILES string of the molecule is COc1cccc(CNc2nc(-c3ccccn3)nc3ccccc23)c1. The van der Waals surface area contributed by atoms with E-state index in [9.17, 15) is 0 Å². The average molecular weight is 342 g/mol. The van der Waals surface area contributed by atoms with Crippen molar-refractivity contribution in [3.63, 3.8) is 0 Å². The highest BCUT2D eigenvalue weighted by Gasteiger charge is 2.10. The van der Waals surface area contributed by atoms with Crippen LogP contribution in [-0.2, 0) is 6.54 Å². The van der Waals surface area contributed by atoms with Gasteiger partial charge in [-0.1, -0.05) is 30.3 Å². The van der Waals surface area contributed by atoms with Gasteiger partial charge >= 0.3 is 0 Å². The Morgan fingerprint density at radius 1 is 0.923 bits per heavy atom. The smallest absolute Gasteiger partial charge is 0.180 e. The second-order valence-corrected chi connectivity index (χ2v) is 5.83. The zero-order valence-electron chi connectivity index (χ0n) is 14.4. The summed E-state index contributed by atoms with van der Waals surface area (Å²) in [5, 5.41) is 4.41. The molecule has 4 aromatic rings. The first kappa shape index (κ1) is 16.0. The van der Waals surface area contributed by atoms with E-state index in [0.717, 1.165) is 33.7 Å². The summed E-state index contributed by atoms with van der Waals surface area (Å²) < 4.78 is 5.29. The molecule has 0 bridgehead atoms. The molecule has 5 heteroatoms. The van der Waals surface area contributed by atoms with Gasteiger partial charge in [-0.2, -0.15) is 0 Å². The first-order valence-electron chi connectivity index (χ1n) is 8.38. The van der Waals surface area contributed by atoms with E-state index < -0.39 is 0 Å². The van der Waals surface area contributed by atoms with E-state index in [1.165, 1.54) is 0 Å². The Hall–Kier alpha value is -3.47. The van der Waals surface area contributed by atoms with Gasteiger partial charge in [-0.05, 0) is 42.0 Å². The number of hydrogen-bond donors (Lipinski definition) is 1. The van der Waals surface area contributed by atoms with E-state index in [0.29, 0.717) is 12.4 Å². The maximum absolute atomic E-state index is 5.29. The summed E-state index contributed by atoms with van der Waals surface area (Å²) in [6.07, 6.45) is 1.75. The van der Waals surface area contributed by atoms with Crippen molar-refractivity contribution < 1.29 is 4.74 Å². The fraction of sp³-hybridized carbons (Fsp3) is 0.0952. The van der Waals surface area contributed by atoms with Crippen molar-refractivity contribution in [2.45, 2.75) is 6.54 Å². The largest absolute Gasteiger partial charge is 0.497 e. The molecule has 0 spiro atoms. The van der Waals surface area contributed by atoms with Gasteiger partial charge in [0, 0.05) is 18.1 Å². The van der Waals surface area contributed by atoms with Crippen LogP contribution in [0.4, 0.5) is 5.82 Å². The van der Waals surface area contributed by atoms with Gasteiger partial charge in [0.25, 0.3) is 0 Å². The molecule has 0 aliphatic rings. The minimum Gasteiger partial charge on any atom is -0.497 e. The summed E-state index contributed by atoms with van der Waals surface area (Å²) in [5.41, 5.74) is 2.76. The molecule has 128 valence electrons. The van der Waals surface area contributed by atoms with Crippen molar-refractivity contribution in [2.24, 2.45) is 0 Å². The van der Waals surface area contributed by atoms with Crippen LogP contribution >= 0.6 is 0 Å². The lowest BCUT2D eigenvalue weighted by Crippen LogP contribution is -2.04. The summed E-state index contributed by atoms with van der Waals surface area (Å²) in [7, 11) is 1.67. The van der Waals surface area contributed by atoms with Crippen LogP contribution in [0, 0.1) is 0 Å². The van der Waals surface area contributed by atoms with E-state index in [-0.39, 0.29) is 0 Å². The van der Waals surface area contributed by atoms with Crippen molar-refractivity contribution >= 4 is 16.7 Å². The lowest BCUT2D eigenvalue weighted by Gasteiger charge is -2.11. The monoisotopic (exact) mass is 342 g/mol. The predicted octanol–water partition coefficient (Wildman–Crippen LogP) is 4.31. The number of para-hydroxylation sites is 1. The van der Waals surface area contributed by atoms with Gasteiger partial charge in [-0.3, -0.25) is 4.98 Å². The van der Waals surface area contributed by atoms with Crippen LogP contribution in [0.5, 0.6) is 5.75 Å². The summed E-state index contributed by atoms with van der Waals surface area (Å²) in [6, 6.07) is 21.7. The highest BCUT2D eigenvalue weighted by molar-refractivity contribution is 5.90. The lowest BCUT2D eigenvalue weighted by molar-refractivity contribution is 0.414. The van der Waals surface area contributed by atoms with Crippen LogP contribution in [0.2, 0.25) is 0 Å². The Morgan fingerprint density at radius 2 is 1.81 bits per heavy atom. The second-order valence-electron chi connectivity index (χ2n) is 5.83. The Kier molecular flexibility index (Phi) is 4.43. The highest BCUT2D eigenvalue weighted by atomic mass is 16.5. The minimum atomic E-state index is 0.609. The molecule has 0 saturated heterocycles. The van der Waals surface area contributed by atoms with Crippen LogP contribution in [0.15, 0.2) is 72.9 Å². The molecular weight excluding hydrogens is 324 g/mol. The van der Waals surface area contributed by atoms with Crippen LogP contribution in [0.25, 0.3) is 22.4 Å². The Labute approximate surface area is 151 Å². The second kappa shape index (κ2) is 7.19. The summed E-state index contributed by atoms with van der Waals surface area (Å²) >= 11 is 0. The molecule has 0 amide bonds. The molecule has 0 saturated carbocycles. The molecule has 2 aromatic carbocycles. The maximum Gasteiger partial charge on any atom is 0.180 e. The normalized spacial score (nSPS) is 10.7. The Morgan fingerprint density at radius 3 is 2.65 bits per heavy atom. The number of nitrogens with one attached hydrogen (secondary N) is 1. The van der Waals surface area contributed by atoms with E-state index in [1.54, 1.807) is 13.3 Å². The average Bonchev–Trinajstić information content (AvgIpc) is 2.72. The summed E-state index contributed by atoms with van der Waals surface area (Å²) in [6.45, 7) is 0.639. The van der Waals surface area contributed by atoms with Gasteiger partial charge in [0.15, 0.2) is 5.82 Å². The molecule has 0 radical (unpaired) electrons. The molecule has 0 unspecified atom stereocenters. The van der Waals surface area contributed by atoms with Crippen LogP contribution in [0.3, 0.4) is 0 Å². The fourth-order valence-corrected chi connectivity index (χ4v) is 2.79. The maximum atomic E-state index is 5.29.